The first-order valence-corrected chi connectivity index (χ1v) is 6.77. The zero-order chi connectivity index (χ0) is 16.2. The third-order valence-electron chi connectivity index (χ3n) is 3.18. The number of pyridine rings is 1. The molecule has 0 atom stereocenters. The SMILES string of the molecule is CCN(CC(F)(F)F)C(=O)c1ccc(-c2ccncc2)cc1. The van der Waals surface area contributed by atoms with Crippen LogP contribution in [0.5, 0.6) is 0 Å². The van der Waals surface area contributed by atoms with Crippen molar-refractivity contribution in [2.75, 3.05) is 13.1 Å². The lowest BCUT2D eigenvalue weighted by Crippen LogP contribution is -2.38. The molecule has 0 aliphatic heterocycles. The lowest BCUT2D eigenvalue weighted by molar-refractivity contribution is -0.140. The Morgan fingerprint density at radius 3 is 2.09 bits per heavy atom. The zero-order valence-electron chi connectivity index (χ0n) is 12.0. The molecular weight excluding hydrogens is 293 g/mol. The van der Waals surface area contributed by atoms with Crippen molar-refractivity contribution in [3.8, 4) is 11.1 Å². The van der Waals surface area contributed by atoms with Crippen molar-refractivity contribution in [1.29, 1.82) is 0 Å². The van der Waals surface area contributed by atoms with E-state index in [9.17, 15) is 18.0 Å². The first-order valence-electron chi connectivity index (χ1n) is 6.77. The van der Waals surface area contributed by atoms with Gasteiger partial charge in [-0.1, -0.05) is 12.1 Å². The molecule has 22 heavy (non-hydrogen) atoms. The summed E-state index contributed by atoms with van der Waals surface area (Å²) in [6.45, 7) is 0.286. The van der Waals surface area contributed by atoms with Crippen LogP contribution < -0.4 is 0 Å². The highest BCUT2D eigenvalue weighted by atomic mass is 19.4. The summed E-state index contributed by atoms with van der Waals surface area (Å²) in [5.74, 6) is -0.624. The highest BCUT2D eigenvalue weighted by Gasteiger charge is 2.32. The van der Waals surface area contributed by atoms with E-state index >= 15 is 0 Å². The van der Waals surface area contributed by atoms with Crippen LogP contribution in [-0.4, -0.2) is 35.1 Å². The maximum Gasteiger partial charge on any atom is 0.406 e. The second-order valence-corrected chi connectivity index (χ2v) is 4.75. The smallest absolute Gasteiger partial charge is 0.330 e. The molecule has 0 aliphatic rings. The van der Waals surface area contributed by atoms with Crippen LogP contribution in [0.3, 0.4) is 0 Å². The predicted molar refractivity (Wildman–Crippen MR) is 77.3 cm³/mol. The van der Waals surface area contributed by atoms with Gasteiger partial charge < -0.3 is 4.90 Å². The molecule has 6 heteroatoms. The summed E-state index contributed by atoms with van der Waals surface area (Å²) in [6, 6.07) is 10.1. The molecule has 0 aliphatic carbocycles. The Bertz CT molecular complexity index is 624. The topological polar surface area (TPSA) is 33.2 Å². The van der Waals surface area contributed by atoms with Gasteiger partial charge in [0.25, 0.3) is 5.91 Å². The van der Waals surface area contributed by atoms with Gasteiger partial charge in [-0.05, 0) is 42.3 Å². The summed E-state index contributed by atoms with van der Waals surface area (Å²) < 4.78 is 37.4. The summed E-state index contributed by atoms with van der Waals surface area (Å²) >= 11 is 0. The average Bonchev–Trinajstić information content (AvgIpc) is 2.52. The lowest BCUT2D eigenvalue weighted by atomic mass is 10.0. The first kappa shape index (κ1) is 16.0. The molecule has 0 bridgehead atoms. The molecule has 0 N–H and O–H groups in total. The number of hydrogen-bond donors (Lipinski definition) is 0. The summed E-state index contributed by atoms with van der Waals surface area (Å²) in [6.07, 6.45) is -1.10. The van der Waals surface area contributed by atoms with E-state index in [0.717, 1.165) is 16.0 Å². The summed E-state index contributed by atoms with van der Waals surface area (Å²) in [5, 5.41) is 0. The first-order chi connectivity index (χ1) is 10.4. The molecule has 2 aromatic rings. The number of nitrogens with zero attached hydrogens (tertiary/aromatic N) is 2. The number of carbonyl (C=O) groups excluding carboxylic acids is 1. The van der Waals surface area contributed by atoms with Gasteiger partial charge in [0.05, 0.1) is 0 Å². The molecule has 0 unspecified atom stereocenters. The summed E-state index contributed by atoms with van der Waals surface area (Å²) in [7, 11) is 0. The number of halogens is 3. The second-order valence-electron chi connectivity index (χ2n) is 4.75. The lowest BCUT2D eigenvalue weighted by Gasteiger charge is -2.22. The van der Waals surface area contributed by atoms with Crippen LogP contribution in [0.4, 0.5) is 13.2 Å². The van der Waals surface area contributed by atoms with Crippen molar-refractivity contribution in [3.05, 3.63) is 54.4 Å². The van der Waals surface area contributed by atoms with Crippen LogP contribution in [0, 0.1) is 0 Å². The molecule has 0 radical (unpaired) electrons. The number of carbonyl (C=O) groups is 1. The van der Waals surface area contributed by atoms with Crippen molar-refractivity contribution in [2.24, 2.45) is 0 Å². The summed E-state index contributed by atoms with van der Waals surface area (Å²) in [4.78, 5) is 16.8. The zero-order valence-corrected chi connectivity index (χ0v) is 12.0. The van der Waals surface area contributed by atoms with Gasteiger partial charge in [0.2, 0.25) is 0 Å². The van der Waals surface area contributed by atoms with E-state index < -0.39 is 18.6 Å². The predicted octanol–water partition coefficient (Wildman–Crippen LogP) is 3.77. The van der Waals surface area contributed by atoms with E-state index in [1.54, 1.807) is 24.5 Å². The van der Waals surface area contributed by atoms with Crippen LogP contribution in [0.15, 0.2) is 48.8 Å². The van der Waals surface area contributed by atoms with Gasteiger partial charge in [-0.2, -0.15) is 13.2 Å². The van der Waals surface area contributed by atoms with Crippen molar-refractivity contribution in [2.45, 2.75) is 13.1 Å². The van der Waals surface area contributed by atoms with Gasteiger partial charge in [0, 0.05) is 24.5 Å². The van der Waals surface area contributed by atoms with Crippen LogP contribution in [0.25, 0.3) is 11.1 Å². The van der Waals surface area contributed by atoms with Crippen molar-refractivity contribution < 1.29 is 18.0 Å². The van der Waals surface area contributed by atoms with Crippen molar-refractivity contribution >= 4 is 5.91 Å². The highest BCUT2D eigenvalue weighted by Crippen LogP contribution is 2.21. The van der Waals surface area contributed by atoms with Gasteiger partial charge in [-0.3, -0.25) is 9.78 Å². The van der Waals surface area contributed by atoms with E-state index in [2.05, 4.69) is 4.98 Å². The minimum absolute atomic E-state index is 0.00441. The molecule has 116 valence electrons. The van der Waals surface area contributed by atoms with Crippen LogP contribution in [0.1, 0.15) is 17.3 Å². The average molecular weight is 308 g/mol. The Morgan fingerprint density at radius 1 is 1.05 bits per heavy atom. The maximum atomic E-state index is 12.5. The van der Waals surface area contributed by atoms with Crippen molar-refractivity contribution in [3.63, 3.8) is 0 Å². The molecule has 0 saturated heterocycles. The van der Waals surface area contributed by atoms with E-state index in [0.29, 0.717) is 0 Å². The van der Waals surface area contributed by atoms with E-state index in [4.69, 9.17) is 0 Å². The largest absolute Gasteiger partial charge is 0.406 e. The molecule has 3 nitrogen and oxygen atoms in total. The number of benzene rings is 1. The van der Waals surface area contributed by atoms with Crippen LogP contribution in [0.2, 0.25) is 0 Å². The molecule has 1 aromatic carbocycles. The number of alkyl halides is 3. The fraction of sp³-hybridized carbons (Fsp3) is 0.250. The van der Waals surface area contributed by atoms with E-state index in [1.807, 2.05) is 12.1 Å². The monoisotopic (exact) mass is 308 g/mol. The van der Waals surface area contributed by atoms with Gasteiger partial charge in [-0.15, -0.1) is 0 Å². The van der Waals surface area contributed by atoms with Gasteiger partial charge in [-0.25, -0.2) is 0 Å². The van der Waals surface area contributed by atoms with Crippen molar-refractivity contribution in [1.82, 2.24) is 9.88 Å². The standard InChI is InChI=1S/C16H15F3N2O/c1-2-21(11-16(17,18)19)15(22)14-5-3-12(4-6-14)13-7-9-20-10-8-13/h3-10H,2,11H2,1H3. The van der Waals surface area contributed by atoms with Crippen LogP contribution in [-0.2, 0) is 0 Å². The molecule has 1 heterocycles. The second kappa shape index (κ2) is 6.60. The van der Waals surface area contributed by atoms with Gasteiger partial charge in [0.15, 0.2) is 0 Å². The quantitative estimate of drug-likeness (QED) is 0.861. The Morgan fingerprint density at radius 2 is 1.59 bits per heavy atom. The number of aromatic nitrogens is 1. The van der Waals surface area contributed by atoms with E-state index in [-0.39, 0.29) is 12.1 Å². The third kappa shape index (κ3) is 4.07. The Labute approximate surface area is 126 Å². The molecule has 1 amide bonds. The molecule has 2 rings (SSSR count). The van der Waals surface area contributed by atoms with E-state index in [1.165, 1.54) is 19.1 Å². The Balaban J connectivity index is 2.17. The summed E-state index contributed by atoms with van der Waals surface area (Å²) in [5.41, 5.74) is 2.04. The van der Waals surface area contributed by atoms with Gasteiger partial charge in [0.1, 0.15) is 6.54 Å². The normalized spacial score (nSPS) is 11.3. The molecular formula is C16H15F3N2O. The minimum Gasteiger partial charge on any atom is -0.330 e. The third-order valence-corrected chi connectivity index (χ3v) is 3.18. The molecule has 0 spiro atoms. The van der Waals surface area contributed by atoms with Gasteiger partial charge >= 0.3 is 6.18 Å². The number of hydrogen-bond acceptors (Lipinski definition) is 2. The molecule has 0 saturated carbocycles. The fourth-order valence-electron chi connectivity index (χ4n) is 2.08. The molecule has 0 fully saturated rings. The Hall–Kier alpha value is -2.37. The Kier molecular flexibility index (Phi) is 4.80. The number of amides is 1. The fourth-order valence-corrected chi connectivity index (χ4v) is 2.08. The molecule has 1 aromatic heterocycles. The minimum atomic E-state index is -4.40. The highest BCUT2D eigenvalue weighted by molar-refractivity contribution is 5.94. The number of rotatable bonds is 4. The maximum absolute atomic E-state index is 12.5. The van der Waals surface area contributed by atoms with Crippen LogP contribution >= 0.6 is 0 Å².